The van der Waals surface area contributed by atoms with Crippen molar-refractivity contribution in [1.29, 1.82) is 0 Å². The van der Waals surface area contributed by atoms with E-state index in [4.69, 9.17) is 16.0 Å². The quantitative estimate of drug-likeness (QED) is 0.841. The van der Waals surface area contributed by atoms with E-state index in [1.54, 1.807) is 6.26 Å². The minimum absolute atomic E-state index is 0.419. The van der Waals surface area contributed by atoms with E-state index in [2.05, 4.69) is 9.97 Å². The summed E-state index contributed by atoms with van der Waals surface area (Å²) in [5, 5.41) is 0.419. The predicted octanol–water partition coefficient (Wildman–Crippen LogP) is 2.98. The molecule has 5 heteroatoms. The second-order valence-corrected chi connectivity index (χ2v) is 4.30. The summed E-state index contributed by atoms with van der Waals surface area (Å²) in [6.07, 6.45) is 1.65. The van der Waals surface area contributed by atoms with E-state index in [-0.39, 0.29) is 0 Å². The van der Waals surface area contributed by atoms with E-state index in [0.29, 0.717) is 17.5 Å². The smallest absolute Gasteiger partial charge is 0.171 e. The molecule has 0 saturated carbocycles. The van der Waals surface area contributed by atoms with Crippen LogP contribution < -0.4 is 4.90 Å². The Bertz CT molecular complexity index is 511. The molecule has 4 nitrogen and oxygen atoms in total. The second-order valence-electron chi connectivity index (χ2n) is 3.94. The molecule has 0 atom stereocenters. The molecule has 2 aromatic heterocycles. The number of nitrogens with zero attached hydrogens (tertiary/aromatic N) is 3. The molecule has 2 aromatic rings. The zero-order valence-corrected chi connectivity index (χ0v) is 10.8. The molecule has 0 aliphatic rings. The van der Waals surface area contributed by atoms with E-state index in [9.17, 15) is 0 Å². The first-order valence-corrected chi connectivity index (χ1v) is 5.70. The molecular formula is C12H14ClN3O. The van der Waals surface area contributed by atoms with Crippen LogP contribution in [0, 0.1) is 13.8 Å². The molecule has 2 heterocycles. The molecule has 0 aliphatic heterocycles. The van der Waals surface area contributed by atoms with Crippen LogP contribution in [0.15, 0.2) is 22.8 Å². The van der Waals surface area contributed by atoms with E-state index in [0.717, 1.165) is 17.1 Å². The number of aromatic nitrogens is 2. The summed E-state index contributed by atoms with van der Waals surface area (Å²) in [6, 6.07) is 3.77. The number of hydrogen-bond acceptors (Lipinski definition) is 4. The van der Waals surface area contributed by atoms with Crippen molar-refractivity contribution in [2.24, 2.45) is 0 Å². The van der Waals surface area contributed by atoms with E-state index in [1.165, 1.54) is 0 Å². The highest BCUT2D eigenvalue weighted by atomic mass is 35.5. The van der Waals surface area contributed by atoms with Gasteiger partial charge in [-0.15, -0.1) is 0 Å². The van der Waals surface area contributed by atoms with Gasteiger partial charge in [0.05, 0.1) is 24.2 Å². The highest BCUT2D eigenvalue weighted by Crippen LogP contribution is 2.23. The molecule has 17 heavy (non-hydrogen) atoms. The topological polar surface area (TPSA) is 42.2 Å². The van der Waals surface area contributed by atoms with Crippen molar-refractivity contribution in [2.75, 3.05) is 11.9 Å². The Kier molecular flexibility index (Phi) is 3.33. The minimum Gasteiger partial charge on any atom is -0.467 e. The summed E-state index contributed by atoms with van der Waals surface area (Å²) in [6.45, 7) is 4.43. The predicted molar refractivity (Wildman–Crippen MR) is 67.3 cm³/mol. The van der Waals surface area contributed by atoms with E-state index < -0.39 is 0 Å². The van der Waals surface area contributed by atoms with Gasteiger partial charge in [-0.05, 0) is 26.0 Å². The van der Waals surface area contributed by atoms with Crippen LogP contribution in [-0.2, 0) is 6.54 Å². The lowest BCUT2D eigenvalue weighted by Gasteiger charge is -2.18. The minimum atomic E-state index is 0.419. The van der Waals surface area contributed by atoms with Crippen LogP contribution in [0.5, 0.6) is 0 Å². The van der Waals surface area contributed by atoms with Crippen molar-refractivity contribution >= 4 is 17.4 Å². The van der Waals surface area contributed by atoms with Gasteiger partial charge in [0, 0.05) is 7.05 Å². The standard InChI is InChI=1S/C12H14ClN3O/c1-8-9(2)15-12(11(13)14-8)16(3)7-10-5-4-6-17-10/h4-6H,7H2,1-3H3. The molecule has 0 N–H and O–H groups in total. The average Bonchev–Trinajstić information content (AvgIpc) is 2.76. The molecule has 0 aliphatic carbocycles. The molecule has 2 rings (SSSR count). The van der Waals surface area contributed by atoms with Crippen LogP contribution in [0.4, 0.5) is 5.82 Å². The Morgan fingerprint density at radius 1 is 1.29 bits per heavy atom. The molecule has 0 radical (unpaired) electrons. The number of aryl methyl sites for hydroxylation is 2. The third-order valence-electron chi connectivity index (χ3n) is 2.58. The van der Waals surface area contributed by atoms with Crippen molar-refractivity contribution in [3.63, 3.8) is 0 Å². The molecule has 0 unspecified atom stereocenters. The maximum Gasteiger partial charge on any atom is 0.171 e. The van der Waals surface area contributed by atoms with Crippen molar-refractivity contribution in [3.8, 4) is 0 Å². The first kappa shape index (κ1) is 11.9. The number of halogens is 1. The Hall–Kier alpha value is -1.55. The number of anilines is 1. The van der Waals surface area contributed by atoms with Crippen molar-refractivity contribution in [3.05, 3.63) is 40.7 Å². The summed E-state index contributed by atoms with van der Waals surface area (Å²) in [5.74, 6) is 1.54. The van der Waals surface area contributed by atoms with Gasteiger partial charge >= 0.3 is 0 Å². The number of hydrogen-bond donors (Lipinski definition) is 0. The molecule has 0 fully saturated rings. The Morgan fingerprint density at radius 3 is 2.65 bits per heavy atom. The Balaban J connectivity index is 2.24. The van der Waals surface area contributed by atoms with Gasteiger partial charge in [0.25, 0.3) is 0 Å². The number of furan rings is 1. The van der Waals surface area contributed by atoms with Gasteiger partial charge in [-0.25, -0.2) is 9.97 Å². The molecule has 0 bridgehead atoms. The van der Waals surface area contributed by atoms with Crippen molar-refractivity contribution in [1.82, 2.24) is 9.97 Å². The van der Waals surface area contributed by atoms with Crippen LogP contribution in [0.25, 0.3) is 0 Å². The Morgan fingerprint density at radius 2 is 2.00 bits per heavy atom. The van der Waals surface area contributed by atoms with Crippen LogP contribution in [0.2, 0.25) is 5.15 Å². The number of rotatable bonds is 3. The van der Waals surface area contributed by atoms with Crippen LogP contribution >= 0.6 is 11.6 Å². The van der Waals surface area contributed by atoms with Gasteiger partial charge in [-0.2, -0.15) is 0 Å². The molecular weight excluding hydrogens is 238 g/mol. The maximum absolute atomic E-state index is 6.09. The first-order valence-electron chi connectivity index (χ1n) is 5.32. The molecule has 0 saturated heterocycles. The van der Waals surface area contributed by atoms with Gasteiger partial charge in [0.1, 0.15) is 5.76 Å². The summed E-state index contributed by atoms with van der Waals surface area (Å²) in [4.78, 5) is 10.6. The zero-order valence-electron chi connectivity index (χ0n) is 10.1. The maximum atomic E-state index is 6.09. The van der Waals surface area contributed by atoms with Crippen molar-refractivity contribution < 1.29 is 4.42 Å². The van der Waals surface area contributed by atoms with Gasteiger partial charge < -0.3 is 9.32 Å². The lowest BCUT2D eigenvalue weighted by molar-refractivity contribution is 0.507. The van der Waals surface area contributed by atoms with Gasteiger partial charge in [-0.1, -0.05) is 11.6 Å². The molecule has 0 aromatic carbocycles. The fourth-order valence-electron chi connectivity index (χ4n) is 1.52. The lowest BCUT2D eigenvalue weighted by atomic mass is 10.3. The lowest BCUT2D eigenvalue weighted by Crippen LogP contribution is -2.19. The van der Waals surface area contributed by atoms with Gasteiger partial charge in [0.2, 0.25) is 0 Å². The van der Waals surface area contributed by atoms with E-state index >= 15 is 0 Å². The normalized spacial score (nSPS) is 10.6. The largest absolute Gasteiger partial charge is 0.467 e. The Labute approximate surface area is 105 Å². The van der Waals surface area contributed by atoms with Crippen LogP contribution in [0.1, 0.15) is 17.1 Å². The highest BCUT2D eigenvalue weighted by Gasteiger charge is 2.12. The van der Waals surface area contributed by atoms with E-state index in [1.807, 2.05) is 37.9 Å². The molecule has 90 valence electrons. The van der Waals surface area contributed by atoms with Crippen LogP contribution in [0.3, 0.4) is 0 Å². The fourth-order valence-corrected chi connectivity index (χ4v) is 1.83. The monoisotopic (exact) mass is 251 g/mol. The summed E-state index contributed by atoms with van der Waals surface area (Å²) < 4.78 is 5.29. The molecule has 0 amide bonds. The van der Waals surface area contributed by atoms with Gasteiger partial charge in [0.15, 0.2) is 11.0 Å². The van der Waals surface area contributed by atoms with Crippen molar-refractivity contribution in [2.45, 2.75) is 20.4 Å². The molecule has 0 spiro atoms. The average molecular weight is 252 g/mol. The summed E-state index contributed by atoms with van der Waals surface area (Å²) in [5.41, 5.74) is 1.74. The van der Waals surface area contributed by atoms with Gasteiger partial charge in [-0.3, -0.25) is 0 Å². The zero-order chi connectivity index (χ0) is 12.4. The highest BCUT2D eigenvalue weighted by molar-refractivity contribution is 6.31. The SMILES string of the molecule is Cc1nc(Cl)c(N(C)Cc2ccco2)nc1C. The third-order valence-corrected chi connectivity index (χ3v) is 2.84. The second kappa shape index (κ2) is 4.75. The third kappa shape index (κ3) is 2.58. The first-order chi connectivity index (χ1) is 8.08. The summed E-state index contributed by atoms with van der Waals surface area (Å²) >= 11 is 6.09. The summed E-state index contributed by atoms with van der Waals surface area (Å²) in [7, 11) is 1.91. The fraction of sp³-hybridized carbons (Fsp3) is 0.333. The van der Waals surface area contributed by atoms with Crippen LogP contribution in [-0.4, -0.2) is 17.0 Å².